The van der Waals surface area contributed by atoms with Crippen LogP contribution in [0.3, 0.4) is 0 Å². The van der Waals surface area contributed by atoms with Gasteiger partial charge in [0.2, 0.25) is 11.8 Å². The molecule has 2 aromatic carbocycles. The lowest BCUT2D eigenvalue weighted by Gasteiger charge is -2.22. The first kappa shape index (κ1) is 20.3. The number of aryl methyl sites for hydroxylation is 2. The predicted octanol–water partition coefficient (Wildman–Crippen LogP) is 3.70. The van der Waals surface area contributed by atoms with E-state index in [0.29, 0.717) is 23.9 Å². The normalized spacial score (nSPS) is 10.6. The lowest BCUT2D eigenvalue weighted by molar-refractivity contribution is -0.147. The summed E-state index contributed by atoms with van der Waals surface area (Å²) < 4.78 is 10.5. The molecule has 150 valence electrons. The number of hydrogen-bond acceptors (Lipinski definition) is 5. The Hall–Kier alpha value is -3.41. The number of carbonyl (C=O) groups is 2. The number of amides is 1. The van der Waals surface area contributed by atoms with Crippen molar-refractivity contribution in [3.8, 4) is 11.5 Å². The summed E-state index contributed by atoms with van der Waals surface area (Å²) in [5.41, 5.74) is 3.44. The van der Waals surface area contributed by atoms with Gasteiger partial charge in [-0.15, -0.1) is 0 Å². The number of ether oxygens (including phenoxy) is 1. The molecule has 0 N–H and O–H groups in total. The van der Waals surface area contributed by atoms with Crippen LogP contribution in [0.4, 0.5) is 0 Å². The van der Waals surface area contributed by atoms with Crippen LogP contribution in [0.25, 0.3) is 11.5 Å². The topological polar surface area (TPSA) is 72.6 Å². The molecule has 29 heavy (non-hydrogen) atoms. The van der Waals surface area contributed by atoms with Crippen LogP contribution >= 0.6 is 0 Å². The van der Waals surface area contributed by atoms with Crippen molar-refractivity contribution in [2.75, 3.05) is 13.7 Å². The quantitative estimate of drug-likeness (QED) is 0.573. The van der Waals surface area contributed by atoms with Crippen LogP contribution in [0.15, 0.2) is 59.0 Å². The zero-order chi connectivity index (χ0) is 20.8. The first-order valence-corrected chi connectivity index (χ1v) is 9.38. The number of benzene rings is 2. The van der Waals surface area contributed by atoms with Crippen molar-refractivity contribution < 1.29 is 18.7 Å². The van der Waals surface area contributed by atoms with Gasteiger partial charge in [0.15, 0.2) is 0 Å². The maximum absolute atomic E-state index is 13.0. The van der Waals surface area contributed by atoms with Crippen LogP contribution in [0.1, 0.15) is 22.6 Å². The van der Waals surface area contributed by atoms with Crippen LogP contribution < -0.4 is 0 Å². The zero-order valence-electron chi connectivity index (χ0n) is 16.8. The van der Waals surface area contributed by atoms with Gasteiger partial charge in [0.1, 0.15) is 12.3 Å². The second-order valence-corrected chi connectivity index (χ2v) is 6.82. The molecule has 3 rings (SSSR count). The molecular formula is C23H24N2O4. The van der Waals surface area contributed by atoms with E-state index in [1.807, 2.05) is 61.5 Å². The lowest BCUT2D eigenvalue weighted by atomic mass is 10.1. The minimum absolute atomic E-state index is 0.0467. The van der Waals surface area contributed by atoms with Gasteiger partial charge in [0, 0.05) is 12.1 Å². The third kappa shape index (κ3) is 5.10. The standard InChI is InChI=1S/C23H24N2O4/c1-16-9-7-8-12-19(16)14-25(15-22(27)28-3)21(26)13-20-17(2)29-23(24-20)18-10-5-4-6-11-18/h4-12H,13-15H2,1-3H3. The summed E-state index contributed by atoms with van der Waals surface area (Å²) in [6, 6.07) is 17.3. The second-order valence-electron chi connectivity index (χ2n) is 6.82. The van der Waals surface area contributed by atoms with Gasteiger partial charge in [-0.2, -0.15) is 0 Å². The van der Waals surface area contributed by atoms with Gasteiger partial charge in [-0.3, -0.25) is 9.59 Å². The molecule has 1 aromatic heterocycles. The van der Waals surface area contributed by atoms with Gasteiger partial charge in [-0.25, -0.2) is 4.98 Å². The van der Waals surface area contributed by atoms with Gasteiger partial charge in [-0.1, -0.05) is 42.5 Å². The lowest BCUT2D eigenvalue weighted by Crippen LogP contribution is -2.37. The van der Waals surface area contributed by atoms with E-state index >= 15 is 0 Å². The van der Waals surface area contributed by atoms with Gasteiger partial charge in [0.25, 0.3) is 0 Å². The first-order chi connectivity index (χ1) is 14.0. The van der Waals surface area contributed by atoms with Crippen molar-refractivity contribution in [1.82, 2.24) is 9.88 Å². The van der Waals surface area contributed by atoms with Gasteiger partial charge >= 0.3 is 5.97 Å². The van der Waals surface area contributed by atoms with Crippen molar-refractivity contribution in [2.45, 2.75) is 26.8 Å². The molecule has 6 nitrogen and oxygen atoms in total. The van der Waals surface area contributed by atoms with Crippen LogP contribution in [-0.4, -0.2) is 35.4 Å². The number of rotatable bonds is 7. The Labute approximate surface area is 170 Å². The van der Waals surface area contributed by atoms with E-state index in [1.54, 1.807) is 6.92 Å². The molecule has 0 saturated carbocycles. The zero-order valence-corrected chi connectivity index (χ0v) is 16.8. The fourth-order valence-electron chi connectivity index (χ4n) is 3.00. The number of carbonyl (C=O) groups excluding carboxylic acids is 2. The SMILES string of the molecule is COC(=O)CN(Cc1ccccc1C)C(=O)Cc1nc(-c2ccccc2)oc1C. The minimum Gasteiger partial charge on any atom is -0.468 e. The highest BCUT2D eigenvalue weighted by Gasteiger charge is 2.22. The smallest absolute Gasteiger partial charge is 0.325 e. The highest BCUT2D eigenvalue weighted by Crippen LogP contribution is 2.22. The molecule has 0 spiro atoms. The van der Waals surface area contributed by atoms with Crippen molar-refractivity contribution in [1.29, 1.82) is 0 Å². The number of hydrogen-bond donors (Lipinski definition) is 0. The molecule has 0 unspecified atom stereocenters. The summed E-state index contributed by atoms with van der Waals surface area (Å²) in [5.74, 6) is 0.388. The fraction of sp³-hybridized carbons (Fsp3) is 0.261. The third-order valence-electron chi connectivity index (χ3n) is 4.75. The average molecular weight is 392 g/mol. The van der Waals surface area contributed by atoms with Gasteiger partial charge in [0.05, 0.1) is 19.2 Å². The third-order valence-corrected chi connectivity index (χ3v) is 4.75. The molecular weight excluding hydrogens is 368 g/mol. The summed E-state index contributed by atoms with van der Waals surface area (Å²) >= 11 is 0. The van der Waals surface area contributed by atoms with Gasteiger partial charge < -0.3 is 14.1 Å². The number of esters is 1. The number of aromatic nitrogens is 1. The number of oxazole rings is 1. The molecule has 6 heteroatoms. The molecule has 0 atom stereocenters. The van der Waals surface area contributed by atoms with Gasteiger partial charge in [-0.05, 0) is 37.1 Å². The second kappa shape index (κ2) is 9.19. The first-order valence-electron chi connectivity index (χ1n) is 9.38. The monoisotopic (exact) mass is 392 g/mol. The molecule has 1 heterocycles. The Kier molecular flexibility index (Phi) is 6.44. The molecule has 0 saturated heterocycles. The Morgan fingerprint density at radius 3 is 2.41 bits per heavy atom. The molecule has 0 aliphatic rings. The molecule has 3 aromatic rings. The van der Waals surface area contributed by atoms with Crippen LogP contribution in [0.2, 0.25) is 0 Å². The largest absolute Gasteiger partial charge is 0.468 e. The minimum atomic E-state index is -0.464. The summed E-state index contributed by atoms with van der Waals surface area (Å²) in [6.07, 6.45) is 0.0467. The molecule has 0 aliphatic carbocycles. The molecule has 0 aliphatic heterocycles. The fourth-order valence-corrected chi connectivity index (χ4v) is 3.00. The van der Waals surface area contributed by atoms with E-state index in [9.17, 15) is 9.59 Å². The predicted molar refractivity (Wildman–Crippen MR) is 109 cm³/mol. The van der Waals surface area contributed by atoms with E-state index in [1.165, 1.54) is 12.0 Å². The van der Waals surface area contributed by atoms with E-state index in [-0.39, 0.29) is 18.9 Å². The summed E-state index contributed by atoms with van der Waals surface area (Å²) in [4.78, 5) is 30.9. The summed E-state index contributed by atoms with van der Waals surface area (Å²) in [6.45, 7) is 3.97. The summed E-state index contributed by atoms with van der Waals surface area (Å²) in [5, 5.41) is 0. The Morgan fingerprint density at radius 1 is 1.03 bits per heavy atom. The Bertz CT molecular complexity index is 995. The number of methoxy groups -OCH3 is 1. The van der Waals surface area contributed by atoms with Crippen LogP contribution in [0, 0.1) is 13.8 Å². The molecule has 0 radical (unpaired) electrons. The summed E-state index contributed by atoms with van der Waals surface area (Å²) in [7, 11) is 1.31. The highest BCUT2D eigenvalue weighted by molar-refractivity contribution is 5.83. The highest BCUT2D eigenvalue weighted by atomic mass is 16.5. The van der Waals surface area contributed by atoms with Crippen molar-refractivity contribution in [2.24, 2.45) is 0 Å². The molecule has 0 fully saturated rings. The van der Waals surface area contributed by atoms with E-state index in [0.717, 1.165) is 16.7 Å². The molecule has 0 bridgehead atoms. The van der Waals surface area contributed by atoms with Crippen LogP contribution in [0.5, 0.6) is 0 Å². The van der Waals surface area contributed by atoms with Crippen molar-refractivity contribution in [3.05, 3.63) is 77.2 Å². The van der Waals surface area contributed by atoms with E-state index < -0.39 is 5.97 Å². The van der Waals surface area contributed by atoms with E-state index in [4.69, 9.17) is 9.15 Å². The van der Waals surface area contributed by atoms with Crippen molar-refractivity contribution in [3.63, 3.8) is 0 Å². The Morgan fingerprint density at radius 2 is 1.72 bits per heavy atom. The molecule has 1 amide bonds. The van der Waals surface area contributed by atoms with Crippen molar-refractivity contribution >= 4 is 11.9 Å². The maximum Gasteiger partial charge on any atom is 0.325 e. The maximum atomic E-state index is 13.0. The average Bonchev–Trinajstić information content (AvgIpc) is 3.09. The van der Waals surface area contributed by atoms with E-state index in [2.05, 4.69) is 4.98 Å². The number of nitrogens with zero attached hydrogens (tertiary/aromatic N) is 2. The van der Waals surface area contributed by atoms with Crippen LogP contribution in [-0.2, 0) is 27.3 Å². The Balaban J connectivity index is 1.80.